The molecule has 1 aromatic heterocycles. The van der Waals surface area contributed by atoms with Crippen LogP contribution in [0.3, 0.4) is 0 Å². The van der Waals surface area contributed by atoms with E-state index < -0.39 is 4.92 Å². The first kappa shape index (κ1) is 19.6. The van der Waals surface area contributed by atoms with Crippen molar-refractivity contribution in [3.05, 3.63) is 86.2 Å². The number of nitro benzene ring substituents is 1. The molecule has 8 heteroatoms. The predicted molar refractivity (Wildman–Crippen MR) is 108 cm³/mol. The number of aryl methyl sites for hydroxylation is 1. The average Bonchev–Trinajstić information content (AvgIpc) is 2.91. The van der Waals surface area contributed by atoms with Gasteiger partial charge in [0.05, 0.1) is 35.0 Å². The number of nitrogens with zero attached hydrogens (tertiary/aromatic N) is 3. The fourth-order valence-corrected chi connectivity index (χ4v) is 3.03. The molecule has 0 spiro atoms. The lowest BCUT2D eigenvalue weighted by molar-refractivity contribution is -0.384. The highest BCUT2D eigenvalue weighted by molar-refractivity contribution is 6.30. The molecule has 0 bridgehead atoms. The molecule has 3 aromatic rings. The maximum absolute atomic E-state index is 12.4. The van der Waals surface area contributed by atoms with Gasteiger partial charge >= 0.3 is 0 Å². The van der Waals surface area contributed by atoms with E-state index in [9.17, 15) is 14.9 Å². The topological polar surface area (TPSA) is 90.1 Å². The third-order valence-corrected chi connectivity index (χ3v) is 4.66. The Bertz CT molecular complexity index is 1010. The molecule has 1 N–H and O–H groups in total. The van der Waals surface area contributed by atoms with Gasteiger partial charge in [-0.15, -0.1) is 0 Å². The van der Waals surface area contributed by atoms with Crippen LogP contribution in [0, 0.1) is 24.0 Å². The van der Waals surface area contributed by atoms with Crippen molar-refractivity contribution in [1.82, 2.24) is 9.78 Å². The fourth-order valence-electron chi connectivity index (χ4n) is 2.90. The number of anilines is 1. The van der Waals surface area contributed by atoms with Gasteiger partial charge in [-0.2, -0.15) is 5.10 Å². The van der Waals surface area contributed by atoms with Crippen LogP contribution in [0.5, 0.6) is 0 Å². The molecule has 1 heterocycles. The van der Waals surface area contributed by atoms with Crippen LogP contribution in [0.2, 0.25) is 5.02 Å². The zero-order valence-corrected chi connectivity index (χ0v) is 16.2. The molecular formula is C20H19ClN4O3. The molecule has 0 aliphatic heterocycles. The van der Waals surface area contributed by atoms with Crippen molar-refractivity contribution < 1.29 is 9.72 Å². The maximum Gasteiger partial charge on any atom is 0.269 e. The van der Waals surface area contributed by atoms with E-state index >= 15 is 0 Å². The predicted octanol–water partition coefficient (Wildman–Crippen LogP) is 4.29. The Balaban J connectivity index is 1.69. The van der Waals surface area contributed by atoms with Gasteiger partial charge in [-0.25, -0.2) is 0 Å². The number of non-ortho nitro benzene ring substituents is 1. The third-order valence-electron chi connectivity index (χ3n) is 4.40. The first-order valence-corrected chi connectivity index (χ1v) is 9.03. The summed E-state index contributed by atoms with van der Waals surface area (Å²) >= 11 is 5.92. The van der Waals surface area contributed by atoms with Gasteiger partial charge in [-0.05, 0) is 37.1 Å². The fraction of sp³-hybridized carbons (Fsp3) is 0.200. The highest BCUT2D eigenvalue weighted by atomic mass is 35.5. The van der Waals surface area contributed by atoms with Crippen LogP contribution in [0.15, 0.2) is 48.5 Å². The summed E-state index contributed by atoms with van der Waals surface area (Å²) in [5.74, 6) is -0.203. The number of rotatable bonds is 6. The number of hydrogen-bond donors (Lipinski definition) is 1. The summed E-state index contributed by atoms with van der Waals surface area (Å²) in [6.07, 6.45) is 0.124. The van der Waals surface area contributed by atoms with E-state index in [2.05, 4.69) is 10.4 Å². The molecule has 0 saturated heterocycles. The SMILES string of the molecule is Cc1nn(Cc2ccc(Cl)cc2)c(C)c1NC(=O)Cc1ccc([N+](=O)[O-])cc1. The summed E-state index contributed by atoms with van der Waals surface area (Å²) in [4.78, 5) is 22.7. The van der Waals surface area contributed by atoms with Crippen molar-refractivity contribution in [1.29, 1.82) is 0 Å². The van der Waals surface area contributed by atoms with Gasteiger partial charge in [-0.1, -0.05) is 35.9 Å². The zero-order valence-electron chi connectivity index (χ0n) is 15.5. The van der Waals surface area contributed by atoms with Crippen molar-refractivity contribution in [2.75, 3.05) is 5.32 Å². The molecular weight excluding hydrogens is 380 g/mol. The van der Waals surface area contributed by atoms with E-state index in [1.54, 1.807) is 12.1 Å². The minimum absolute atomic E-state index is 0.000627. The van der Waals surface area contributed by atoms with Gasteiger partial charge in [0.15, 0.2) is 0 Å². The summed E-state index contributed by atoms with van der Waals surface area (Å²) in [5.41, 5.74) is 4.01. The number of amides is 1. The Morgan fingerprint density at radius 3 is 2.32 bits per heavy atom. The highest BCUT2D eigenvalue weighted by Gasteiger charge is 2.15. The molecule has 0 atom stereocenters. The number of aromatic nitrogens is 2. The van der Waals surface area contributed by atoms with Crippen molar-refractivity contribution in [3.63, 3.8) is 0 Å². The molecule has 7 nitrogen and oxygen atoms in total. The van der Waals surface area contributed by atoms with E-state index in [4.69, 9.17) is 11.6 Å². The molecule has 0 aliphatic carbocycles. The van der Waals surface area contributed by atoms with Crippen LogP contribution in [-0.2, 0) is 17.8 Å². The van der Waals surface area contributed by atoms with E-state index in [0.717, 1.165) is 17.0 Å². The van der Waals surface area contributed by atoms with Crippen LogP contribution in [0.4, 0.5) is 11.4 Å². The standard InChI is InChI=1S/C20H19ClN4O3/c1-13-20(14(2)24(23-13)12-16-3-7-17(21)8-4-16)22-19(26)11-15-5-9-18(10-6-15)25(27)28/h3-10H,11-12H2,1-2H3,(H,22,26). The van der Waals surface area contributed by atoms with Gasteiger partial charge in [0.25, 0.3) is 5.69 Å². The van der Waals surface area contributed by atoms with Crippen molar-refractivity contribution >= 4 is 28.9 Å². The molecule has 2 aromatic carbocycles. The van der Waals surface area contributed by atoms with Gasteiger partial charge in [0, 0.05) is 17.2 Å². The van der Waals surface area contributed by atoms with Crippen molar-refractivity contribution in [2.24, 2.45) is 0 Å². The molecule has 144 valence electrons. The quantitative estimate of drug-likeness (QED) is 0.495. The number of benzene rings is 2. The zero-order chi connectivity index (χ0) is 20.3. The Morgan fingerprint density at radius 1 is 1.11 bits per heavy atom. The Labute approximate surface area is 167 Å². The number of hydrogen-bond acceptors (Lipinski definition) is 4. The lowest BCUT2D eigenvalue weighted by atomic mass is 10.1. The second-order valence-corrected chi connectivity index (χ2v) is 6.91. The summed E-state index contributed by atoms with van der Waals surface area (Å²) in [6, 6.07) is 13.5. The van der Waals surface area contributed by atoms with Crippen LogP contribution in [-0.4, -0.2) is 20.6 Å². The molecule has 3 rings (SSSR count). The Hall–Kier alpha value is -3.19. The summed E-state index contributed by atoms with van der Waals surface area (Å²) < 4.78 is 1.83. The molecule has 0 saturated carbocycles. The number of nitrogens with one attached hydrogen (secondary N) is 1. The highest BCUT2D eigenvalue weighted by Crippen LogP contribution is 2.21. The number of halogens is 1. The van der Waals surface area contributed by atoms with Gasteiger partial charge in [0.2, 0.25) is 5.91 Å². The Kier molecular flexibility index (Phi) is 5.75. The van der Waals surface area contributed by atoms with E-state index in [1.807, 2.05) is 42.8 Å². The average molecular weight is 399 g/mol. The molecule has 0 fully saturated rings. The summed E-state index contributed by atoms with van der Waals surface area (Å²) in [6.45, 7) is 4.31. The summed E-state index contributed by atoms with van der Waals surface area (Å²) in [5, 5.41) is 18.8. The first-order valence-electron chi connectivity index (χ1n) is 8.65. The maximum atomic E-state index is 12.4. The van der Waals surface area contributed by atoms with E-state index in [-0.39, 0.29) is 18.0 Å². The van der Waals surface area contributed by atoms with Crippen LogP contribution < -0.4 is 5.32 Å². The minimum atomic E-state index is -0.467. The molecule has 0 aliphatic rings. The second-order valence-electron chi connectivity index (χ2n) is 6.48. The van der Waals surface area contributed by atoms with Crippen LogP contribution >= 0.6 is 11.6 Å². The normalized spacial score (nSPS) is 10.7. The monoisotopic (exact) mass is 398 g/mol. The van der Waals surface area contributed by atoms with Crippen LogP contribution in [0.25, 0.3) is 0 Å². The van der Waals surface area contributed by atoms with Crippen LogP contribution in [0.1, 0.15) is 22.5 Å². The summed E-state index contributed by atoms with van der Waals surface area (Å²) in [7, 11) is 0. The molecule has 0 radical (unpaired) electrons. The third kappa shape index (κ3) is 4.55. The van der Waals surface area contributed by atoms with Gasteiger partial charge in [0.1, 0.15) is 0 Å². The van der Waals surface area contributed by atoms with Crippen molar-refractivity contribution in [2.45, 2.75) is 26.8 Å². The van der Waals surface area contributed by atoms with E-state index in [0.29, 0.717) is 22.8 Å². The minimum Gasteiger partial charge on any atom is -0.323 e. The molecule has 0 unspecified atom stereocenters. The largest absolute Gasteiger partial charge is 0.323 e. The second kappa shape index (κ2) is 8.22. The lowest BCUT2D eigenvalue weighted by Gasteiger charge is -2.08. The lowest BCUT2D eigenvalue weighted by Crippen LogP contribution is -2.15. The number of nitro groups is 1. The molecule has 28 heavy (non-hydrogen) atoms. The first-order chi connectivity index (χ1) is 13.3. The van der Waals surface area contributed by atoms with E-state index in [1.165, 1.54) is 12.1 Å². The number of carbonyl (C=O) groups excluding carboxylic acids is 1. The van der Waals surface area contributed by atoms with Gasteiger partial charge in [-0.3, -0.25) is 19.6 Å². The van der Waals surface area contributed by atoms with Crippen molar-refractivity contribution in [3.8, 4) is 0 Å². The number of carbonyl (C=O) groups is 1. The smallest absolute Gasteiger partial charge is 0.269 e. The van der Waals surface area contributed by atoms with Gasteiger partial charge < -0.3 is 5.32 Å². The Morgan fingerprint density at radius 2 is 1.71 bits per heavy atom. The molecule has 1 amide bonds.